The number of fused-ring (bicyclic) bond motifs is 1. The fourth-order valence-electron chi connectivity index (χ4n) is 5.71. The maximum atomic E-state index is 14.4. The zero-order valence-electron chi connectivity index (χ0n) is 28.3. The molecule has 1 amide bonds. The normalized spacial score (nSPS) is 20.2. The smallest absolute Gasteiger partial charge is 0.335 e. The van der Waals surface area contributed by atoms with Crippen molar-refractivity contribution in [2.24, 2.45) is 5.92 Å². The van der Waals surface area contributed by atoms with E-state index in [0.717, 1.165) is 42.7 Å². The van der Waals surface area contributed by atoms with Crippen LogP contribution in [0.4, 0.5) is 10.1 Å². The van der Waals surface area contributed by atoms with Gasteiger partial charge in [0.25, 0.3) is 15.9 Å². The van der Waals surface area contributed by atoms with Crippen LogP contribution in [0.5, 0.6) is 5.75 Å². The summed E-state index contributed by atoms with van der Waals surface area (Å²) >= 11 is 0. The number of aliphatic hydroxyl groups is 1. The molecule has 3 N–H and O–H groups in total. The zero-order valence-corrected chi connectivity index (χ0v) is 29.2. The number of carbonyl (C=O) groups is 2. The van der Waals surface area contributed by atoms with Gasteiger partial charge in [-0.3, -0.25) is 14.4 Å². The molecule has 1 aliphatic rings. The number of amides is 1. The Bertz CT molecular complexity index is 1670. The Morgan fingerprint density at radius 3 is 2.43 bits per heavy atom. The van der Waals surface area contributed by atoms with E-state index in [1.54, 1.807) is 42.2 Å². The molecule has 11 nitrogen and oxygen atoms in total. The molecule has 0 unspecified atom stereocenters. The van der Waals surface area contributed by atoms with Crippen LogP contribution >= 0.6 is 0 Å². The number of benzene rings is 3. The molecule has 266 valence electrons. The lowest BCUT2D eigenvalue weighted by atomic mass is 10.0. The number of carboxylic acid groups (broad SMARTS) is 1. The average Bonchev–Trinajstić information content (AvgIpc) is 3.06. The fourth-order valence-corrected chi connectivity index (χ4v) is 6.76. The van der Waals surface area contributed by atoms with Crippen molar-refractivity contribution < 1.29 is 42.1 Å². The van der Waals surface area contributed by atoms with Crippen LogP contribution in [0, 0.1) is 11.7 Å². The minimum absolute atomic E-state index is 0.123. The summed E-state index contributed by atoms with van der Waals surface area (Å²) in [6, 6.07) is 15.1. The molecule has 1 aliphatic heterocycles. The van der Waals surface area contributed by atoms with Crippen molar-refractivity contribution in [2.45, 2.75) is 69.7 Å². The quantitative estimate of drug-likeness (QED) is 0.258. The number of aliphatic hydroxyl groups excluding tert-OH is 1. The number of hydrogen-bond acceptors (Lipinski definition) is 8. The summed E-state index contributed by atoms with van der Waals surface area (Å²) in [5.74, 6) is -1.88. The summed E-state index contributed by atoms with van der Waals surface area (Å²) in [6.07, 6.45) is 1.77. The van der Waals surface area contributed by atoms with Gasteiger partial charge < -0.3 is 24.6 Å². The number of nitrogens with one attached hydrogen (secondary N) is 1. The largest absolute Gasteiger partial charge is 0.490 e. The molecule has 0 saturated carbocycles. The van der Waals surface area contributed by atoms with E-state index in [9.17, 15) is 32.6 Å². The minimum Gasteiger partial charge on any atom is -0.490 e. The van der Waals surface area contributed by atoms with Gasteiger partial charge in [0.15, 0.2) is 0 Å². The number of ether oxygens (including phenoxy) is 2. The molecular weight excluding hydrogens is 653 g/mol. The van der Waals surface area contributed by atoms with Gasteiger partial charge in [0.05, 0.1) is 40.9 Å². The van der Waals surface area contributed by atoms with E-state index in [2.05, 4.69) is 9.62 Å². The average molecular weight is 700 g/mol. The summed E-state index contributed by atoms with van der Waals surface area (Å²) in [7, 11) is -2.14. The van der Waals surface area contributed by atoms with Crippen LogP contribution in [-0.4, -0.2) is 91.9 Å². The van der Waals surface area contributed by atoms with Gasteiger partial charge in [-0.15, -0.1) is 0 Å². The molecule has 0 spiro atoms. The minimum atomic E-state index is -4.09. The topological polar surface area (TPSA) is 146 Å². The molecule has 4 atom stereocenters. The first-order valence-corrected chi connectivity index (χ1v) is 17.9. The van der Waals surface area contributed by atoms with Crippen LogP contribution < -0.4 is 9.46 Å². The van der Waals surface area contributed by atoms with Gasteiger partial charge in [0, 0.05) is 37.8 Å². The lowest BCUT2D eigenvalue weighted by molar-refractivity contribution is -0.0177. The van der Waals surface area contributed by atoms with Crippen LogP contribution in [0.3, 0.4) is 0 Å². The van der Waals surface area contributed by atoms with Crippen molar-refractivity contribution in [3.05, 3.63) is 89.2 Å². The van der Waals surface area contributed by atoms with E-state index in [1.807, 2.05) is 20.9 Å². The monoisotopic (exact) mass is 699 g/mol. The predicted molar refractivity (Wildman–Crippen MR) is 184 cm³/mol. The summed E-state index contributed by atoms with van der Waals surface area (Å²) in [5, 5.41) is 19.4. The van der Waals surface area contributed by atoms with Crippen molar-refractivity contribution in [3.63, 3.8) is 0 Å². The zero-order chi connectivity index (χ0) is 35.7. The molecule has 0 aliphatic carbocycles. The molecular formula is C36H46FN3O8S. The molecule has 0 aromatic heterocycles. The van der Waals surface area contributed by atoms with Crippen molar-refractivity contribution in [1.82, 2.24) is 9.80 Å². The second-order valence-electron chi connectivity index (χ2n) is 12.8. The highest BCUT2D eigenvalue weighted by atomic mass is 32.2. The first-order valence-electron chi connectivity index (χ1n) is 16.4. The number of sulfonamides is 1. The number of aromatic carboxylic acids is 1. The molecule has 0 saturated heterocycles. The second kappa shape index (κ2) is 17.1. The van der Waals surface area contributed by atoms with Crippen molar-refractivity contribution in [1.29, 1.82) is 0 Å². The molecule has 3 aromatic rings. The lowest BCUT2D eigenvalue weighted by Crippen LogP contribution is -2.47. The van der Waals surface area contributed by atoms with Crippen molar-refractivity contribution >= 4 is 27.6 Å². The van der Waals surface area contributed by atoms with Gasteiger partial charge in [-0.05, 0) is 100 Å². The van der Waals surface area contributed by atoms with E-state index in [1.165, 1.54) is 12.1 Å². The van der Waals surface area contributed by atoms with Gasteiger partial charge in [0.2, 0.25) is 0 Å². The standard InChI is InChI=1S/C36H46FN3O8S/c1-24-20-40(25(2)23-41)35(42)32-19-30(38-49(45,46)31-15-12-29(37)13-16-31)14-17-33(32)48-26(3)7-5-6-18-47-34(24)22-39(4)21-27-8-10-28(11-9-27)36(43)44/h8-17,19,24-26,34,38,41H,5-7,18,20-23H2,1-4H3,(H,43,44)/t24-,25-,26+,34-/m1/s1. The second-order valence-corrected chi connectivity index (χ2v) is 14.5. The Kier molecular flexibility index (Phi) is 13.2. The van der Waals surface area contributed by atoms with Crippen LogP contribution in [0.2, 0.25) is 0 Å². The first-order chi connectivity index (χ1) is 23.3. The van der Waals surface area contributed by atoms with Crippen LogP contribution in [-0.2, 0) is 21.3 Å². The van der Waals surface area contributed by atoms with Crippen LogP contribution in [0.25, 0.3) is 0 Å². The Labute approximate surface area is 287 Å². The Balaban J connectivity index is 1.62. The molecule has 49 heavy (non-hydrogen) atoms. The molecule has 13 heteroatoms. The lowest BCUT2D eigenvalue weighted by Gasteiger charge is -2.36. The van der Waals surface area contributed by atoms with Gasteiger partial charge >= 0.3 is 5.97 Å². The van der Waals surface area contributed by atoms with E-state index in [0.29, 0.717) is 31.9 Å². The Morgan fingerprint density at radius 2 is 1.78 bits per heavy atom. The highest BCUT2D eigenvalue weighted by molar-refractivity contribution is 7.92. The number of likely N-dealkylation sites (N-methyl/N-ethyl adjacent to an activating group) is 1. The number of rotatable bonds is 10. The number of anilines is 1. The maximum absolute atomic E-state index is 14.4. The van der Waals surface area contributed by atoms with E-state index < -0.39 is 33.8 Å². The van der Waals surface area contributed by atoms with Gasteiger partial charge in [-0.25, -0.2) is 17.6 Å². The third-order valence-electron chi connectivity index (χ3n) is 8.57. The summed E-state index contributed by atoms with van der Waals surface area (Å²) in [6.45, 7) is 7.16. The third-order valence-corrected chi connectivity index (χ3v) is 9.97. The fraction of sp³-hybridized carbons (Fsp3) is 0.444. The number of halogens is 1. The molecule has 4 rings (SSSR count). The molecule has 3 aromatic carbocycles. The summed E-state index contributed by atoms with van der Waals surface area (Å²) in [4.78, 5) is 29.1. The number of hydrogen-bond donors (Lipinski definition) is 3. The third kappa shape index (κ3) is 10.5. The van der Waals surface area contributed by atoms with Crippen LogP contribution in [0.15, 0.2) is 71.6 Å². The summed E-state index contributed by atoms with van der Waals surface area (Å²) in [5.41, 5.74) is 1.42. The summed E-state index contributed by atoms with van der Waals surface area (Å²) < 4.78 is 54.8. The van der Waals surface area contributed by atoms with E-state index >= 15 is 0 Å². The number of nitrogens with zero attached hydrogens (tertiary/aromatic N) is 2. The van der Waals surface area contributed by atoms with Gasteiger partial charge in [-0.2, -0.15) is 0 Å². The Hall–Kier alpha value is -4.04. The number of carboxylic acids is 1. The number of carbonyl (C=O) groups excluding carboxylic acids is 1. The van der Waals surface area contributed by atoms with Gasteiger partial charge in [0.1, 0.15) is 11.6 Å². The van der Waals surface area contributed by atoms with E-state index in [-0.39, 0.29) is 53.0 Å². The van der Waals surface area contributed by atoms with Crippen molar-refractivity contribution in [3.8, 4) is 5.75 Å². The molecule has 1 heterocycles. The van der Waals surface area contributed by atoms with E-state index in [4.69, 9.17) is 9.47 Å². The predicted octanol–water partition coefficient (Wildman–Crippen LogP) is 5.25. The maximum Gasteiger partial charge on any atom is 0.335 e. The SMILES string of the molecule is C[C@@H]1CN([C@H](C)CO)C(=O)c2cc(NS(=O)(=O)c3ccc(F)cc3)ccc2O[C@@H](C)CCCCO[C@@H]1CN(C)Cc1ccc(C(=O)O)cc1. The Morgan fingerprint density at radius 1 is 1.08 bits per heavy atom. The molecule has 0 bridgehead atoms. The van der Waals surface area contributed by atoms with Gasteiger partial charge in [-0.1, -0.05) is 19.1 Å². The highest BCUT2D eigenvalue weighted by Gasteiger charge is 2.31. The van der Waals surface area contributed by atoms with Crippen LogP contribution in [0.1, 0.15) is 66.3 Å². The highest BCUT2D eigenvalue weighted by Crippen LogP contribution is 2.29. The molecule has 0 radical (unpaired) electrons. The first kappa shape index (κ1) is 37.8. The molecule has 0 fully saturated rings. The van der Waals surface area contributed by atoms with Crippen molar-refractivity contribution in [2.75, 3.05) is 38.1 Å².